The standard InChI is InChI=1S/C10H13NO3S/c12-5-6-15-7-10(14)11-8-3-1-2-4-9(8)13/h1-4,12-13H,5-7H2,(H,11,14). The van der Waals surface area contributed by atoms with Gasteiger partial charge in [0.2, 0.25) is 5.91 Å². The van der Waals surface area contributed by atoms with Gasteiger partial charge in [-0.2, -0.15) is 0 Å². The van der Waals surface area contributed by atoms with Crippen LogP contribution >= 0.6 is 11.8 Å². The highest BCUT2D eigenvalue weighted by Gasteiger charge is 2.04. The maximum Gasteiger partial charge on any atom is 0.234 e. The summed E-state index contributed by atoms with van der Waals surface area (Å²) in [5.74, 6) is 0.677. The summed E-state index contributed by atoms with van der Waals surface area (Å²) in [6.45, 7) is 0.0640. The molecule has 1 rings (SSSR count). The summed E-state index contributed by atoms with van der Waals surface area (Å²) in [5, 5.41) is 20.5. The van der Waals surface area contributed by atoms with Gasteiger partial charge in [0, 0.05) is 5.75 Å². The molecule has 82 valence electrons. The van der Waals surface area contributed by atoms with Crippen LogP contribution in [-0.2, 0) is 4.79 Å². The quantitative estimate of drug-likeness (QED) is 0.519. The number of carbonyl (C=O) groups is 1. The third-order valence-electron chi connectivity index (χ3n) is 1.65. The Labute approximate surface area is 92.3 Å². The minimum Gasteiger partial charge on any atom is -0.506 e. The van der Waals surface area contributed by atoms with Crippen molar-refractivity contribution in [3.8, 4) is 5.75 Å². The number of hydrogen-bond donors (Lipinski definition) is 3. The van der Waals surface area contributed by atoms with Gasteiger partial charge in [0.25, 0.3) is 0 Å². The second kappa shape index (κ2) is 6.31. The van der Waals surface area contributed by atoms with E-state index in [0.717, 1.165) is 0 Å². The number of para-hydroxylation sites is 2. The van der Waals surface area contributed by atoms with E-state index in [1.807, 2.05) is 0 Å². The van der Waals surface area contributed by atoms with E-state index in [1.54, 1.807) is 18.2 Å². The summed E-state index contributed by atoms with van der Waals surface area (Å²) in [6.07, 6.45) is 0. The van der Waals surface area contributed by atoms with E-state index in [4.69, 9.17) is 5.11 Å². The van der Waals surface area contributed by atoms with Gasteiger partial charge in [-0.3, -0.25) is 4.79 Å². The number of anilines is 1. The number of thioether (sulfide) groups is 1. The van der Waals surface area contributed by atoms with Crippen molar-refractivity contribution >= 4 is 23.4 Å². The highest BCUT2D eigenvalue weighted by atomic mass is 32.2. The Morgan fingerprint density at radius 3 is 2.80 bits per heavy atom. The van der Waals surface area contributed by atoms with Crippen molar-refractivity contribution in [2.75, 3.05) is 23.4 Å². The summed E-state index contributed by atoms with van der Waals surface area (Å²) in [4.78, 5) is 11.3. The van der Waals surface area contributed by atoms with E-state index < -0.39 is 0 Å². The molecule has 0 fully saturated rings. The number of benzene rings is 1. The zero-order chi connectivity index (χ0) is 11.1. The molecule has 1 aromatic rings. The van der Waals surface area contributed by atoms with Crippen molar-refractivity contribution in [2.24, 2.45) is 0 Å². The molecule has 3 N–H and O–H groups in total. The second-order valence-electron chi connectivity index (χ2n) is 2.84. The van der Waals surface area contributed by atoms with Crippen molar-refractivity contribution in [2.45, 2.75) is 0 Å². The average molecular weight is 227 g/mol. The van der Waals surface area contributed by atoms with Crippen LogP contribution in [0.2, 0.25) is 0 Å². The van der Waals surface area contributed by atoms with Crippen LogP contribution in [-0.4, -0.2) is 34.2 Å². The number of phenols is 1. The average Bonchev–Trinajstić information content (AvgIpc) is 2.22. The van der Waals surface area contributed by atoms with Gasteiger partial charge in [0.1, 0.15) is 5.75 Å². The molecular formula is C10H13NO3S. The molecule has 0 aromatic heterocycles. The lowest BCUT2D eigenvalue weighted by Crippen LogP contribution is -2.14. The zero-order valence-corrected chi connectivity index (χ0v) is 8.96. The number of aliphatic hydroxyl groups is 1. The van der Waals surface area contributed by atoms with Gasteiger partial charge in [-0.05, 0) is 12.1 Å². The Bertz CT molecular complexity index is 330. The predicted octanol–water partition coefficient (Wildman–Crippen LogP) is 1.06. The molecule has 0 spiro atoms. The van der Waals surface area contributed by atoms with Crippen LogP contribution in [0.1, 0.15) is 0 Å². The van der Waals surface area contributed by atoms with E-state index in [-0.39, 0.29) is 24.0 Å². The normalized spacial score (nSPS) is 9.93. The fourth-order valence-electron chi connectivity index (χ4n) is 0.995. The number of aliphatic hydroxyl groups excluding tert-OH is 1. The first kappa shape index (κ1) is 11.9. The Morgan fingerprint density at radius 2 is 2.13 bits per heavy atom. The fourth-order valence-corrected chi connectivity index (χ4v) is 1.53. The highest BCUT2D eigenvalue weighted by molar-refractivity contribution is 7.99. The van der Waals surface area contributed by atoms with E-state index in [2.05, 4.69) is 5.32 Å². The summed E-state index contributed by atoms with van der Waals surface area (Å²) in [7, 11) is 0. The van der Waals surface area contributed by atoms with Crippen molar-refractivity contribution in [1.82, 2.24) is 0 Å². The maximum atomic E-state index is 11.3. The number of phenolic OH excluding ortho intramolecular Hbond substituents is 1. The minimum atomic E-state index is -0.185. The zero-order valence-electron chi connectivity index (χ0n) is 8.14. The first-order valence-electron chi connectivity index (χ1n) is 4.50. The van der Waals surface area contributed by atoms with Crippen molar-refractivity contribution < 1.29 is 15.0 Å². The van der Waals surface area contributed by atoms with E-state index >= 15 is 0 Å². The number of rotatable bonds is 5. The summed E-state index contributed by atoms with van der Waals surface area (Å²) in [5.41, 5.74) is 0.409. The molecule has 0 bridgehead atoms. The Morgan fingerprint density at radius 1 is 1.40 bits per heavy atom. The molecule has 0 aliphatic carbocycles. The molecule has 0 heterocycles. The molecule has 4 nitrogen and oxygen atoms in total. The van der Waals surface area contributed by atoms with Crippen molar-refractivity contribution in [1.29, 1.82) is 0 Å². The van der Waals surface area contributed by atoms with Crippen LogP contribution in [0, 0.1) is 0 Å². The highest BCUT2D eigenvalue weighted by Crippen LogP contribution is 2.21. The molecule has 0 radical (unpaired) electrons. The monoisotopic (exact) mass is 227 g/mol. The third-order valence-corrected chi connectivity index (χ3v) is 2.58. The van der Waals surface area contributed by atoms with Gasteiger partial charge in [-0.1, -0.05) is 12.1 Å². The molecule has 1 aromatic carbocycles. The molecule has 0 saturated heterocycles. The summed E-state index contributed by atoms with van der Waals surface area (Å²) >= 11 is 1.34. The first-order valence-corrected chi connectivity index (χ1v) is 5.66. The van der Waals surface area contributed by atoms with Gasteiger partial charge in [0.05, 0.1) is 18.0 Å². The lowest BCUT2D eigenvalue weighted by Gasteiger charge is -2.06. The maximum absolute atomic E-state index is 11.3. The molecule has 0 unspecified atom stereocenters. The Kier molecular flexibility index (Phi) is 5.00. The molecule has 0 aliphatic rings. The molecule has 0 saturated carbocycles. The van der Waals surface area contributed by atoms with Crippen molar-refractivity contribution in [3.05, 3.63) is 24.3 Å². The van der Waals surface area contributed by atoms with E-state index in [0.29, 0.717) is 11.4 Å². The number of amides is 1. The van der Waals surface area contributed by atoms with Crippen LogP contribution in [0.15, 0.2) is 24.3 Å². The van der Waals surface area contributed by atoms with Gasteiger partial charge >= 0.3 is 0 Å². The number of carbonyl (C=O) groups excluding carboxylic acids is 1. The van der Waals surface area contributed by atoms with Gasteiger partial charge in [0.15, 0.2) is 0 Å². The number of hydrogen-bond acceptors (Lipinski definition) is 4. The topological polar surface area (TPSA) is 69.6 Å². The SMILES string of the molecule is O=C(CSCCO)Nc1ccccc1O. The molecule has 15 heavy (non-hydrogen) atoms. The molecule has 5 heteroatoms. The van der Waals surface area contributed by atoms with Crippen LogP contribution in [0.25, 0.3) is 0 Å². The Hall–Kier alpha value is -1.20. The molecular weight excluding hydrogens is 214 g/mol. The third kappa shape index (κ3) is 4.22. The largest absolute Gasteiger partial charge is 0.506 e. The van der Waals surface area contributed by atoms with Gasteiger partial charge < -0.3 is 15.5 Å². The summed E-state index contributed by atoms with van der Waals surface area (Å²) < 4.78 is 0. The second-order valence-corrected chi connectivity index (χ2v) is 3.95. The molecule has 1 amide bonds. The lowest BCUT2D eigenvalue weighted by molar-refractivity contribution is -0.113. The van der Waals surface area contributed by atoms with E-state index in [9.17, 15) is 9.90 Å². The molecule has 0 aliphatic heterocycles. The smallest absolute Gasteiger partial charge is 0.234 e. The first-order chi connectivity index (χ1) is 7.24. The number of aromatic hydroxyl groups is 1. The van der Waals surface area contributed by atoms with Crippen molar-refractivity contribution in [3.63, 3.8) is 0 Å². The van der Waals surface area contributed by atoms with Gasteiger partial charge in [-0.25, -0.2) is 0 Å². The predicted molar refractivity (Wildman–Crippen MR) is 61.1 cm³/mol. The van der Waals surface area contributed by atoms with Crippen LogP contribution in [0.5, 0.6) is 5.75 Å². The van der Waals surface area contributed by atoms with Crippen LogP contribution in [0.4, 0.5) is 5.69 Å². The molecule has 0 atom stereocenters. The van der Waals surface area contributed by atoms with E-state index in [1.165, 1.54) is 17.8 Å². The fraction of sp³-hybridized carbons (Fsp3) is 0.300. The Balaban J connectivity index is 2.41. The lowest BCUT2D eigenvalue weighted by atomic mass is 10.3. The number of nitrogens with one attached hydrogen (secondary N) is 1. The van der Waals surface area contributed by atoms with Gasteiger partial charge in [-0.15, -0.1) is 11.8 Å². The van der Waals surface area contributed by atoms with Crippen LogP contribution < -0.4 is 5.32 Å². The minimum absolute atomic E-state index is 0.0537. The summed E-state index contributed by atoms with van der Waals surface area (Å²) in [6, 6.07) is 6.56. The van der Waals surface area contributed by atoms with Crippen LogP contribution in [0.3, 0.4) is 0 Å².